The molecule has 3 nitrogen and oxygen atoms in total. The number of hydrogen-bond acceptors (Lipinski definition) is 1. The third-order valence-corrected chi connectivity index (χ3v) is 7.21. The van der Waals surface area contributed by atoms with E-state index in [4.69, 9.17) is 0 Å². The van der Waals surface area contributed by atoms with Gasteiger partial charge in [0.25, 0.3) is 5.91 Å². The summed E-state index contributed by atoms with van der Waals surface area (Å²) in [5, 5.41) is 3.12. The van der Waals surface area contributed by atoms with Gasteiger partial charge in [-0.3, -0.25) is 4.79 Å². The Morgan fingerprint density at radius 1 is 0.853 bits per heavy atom. The molecule has 0 bridgehead atoms. The van der Waals surface area contributed by atoms with Crippen molar-refractivity contribution >= 4 is 17.7 Å². The van der Waals surface area contributed by atoms with Gasteiger partial charge in [-0.15, -0.1) is 0 Å². The molecule has 1 fully saturated rings. The number of carbonyl (C=O) groups is 1. The first-order valence-electron chi connectivity index (χ1n) is 12.2. The number of likely N-dealkylation sites (tertiary alicyclic amines) is 1. The van der Waals surface area contributed by atoms with E-state index in [9.17, 15) is 4.79 Å². The molecule has 1 aliphatic heterocycles. The van der Waals surface area contributed by atoms with Crippen LogP contribution in [-0.2, 0) is 17.8 Å². The van der Waals surface area contributed by atoms with Crippen LogP contribution in [0, 0.1) is 0 Å². The lowest BCUT2D eigenvalue weighted by Gasteiger charge is -2.37. The molecule has 0 radical (unpaired) electrons. The summed E-state index contributed by atoms with van der Waals surface area (Å²) in [5.41, 5.74) is 7.92. The van der Waals surface area contributed by atoms with E-state index in [1.54, 1.807) is 0 Å². The van der Waals surface area contributed by atoms with Crippen molar-refractivity contribution in [1.82, 2.24) is 0 Å². The maximum Gasteiger partial charge on any atom is 0.251 e. The number of fused-ring (bicyclic) bond motifs is 1. The van der Waals surface area contributed by atoms with Gasteiger partial charge in [0.1, 0.15) is 6.54 Å². The Labute approximate surface area is 220 Å². The van der Waals surface area contributed by atoms with Crippen LogP contribution in [0.25, 0.3) is 17.2 Å². The van der Waals surface area contributed by atoms with Crippen LogP contribution in [0.3, 0.4) is 0 Å². The van der Waals surface area contributed by atoms with Crippen molar-refractivity contribution < 1.29 is 33.3 Å². The summed E-state index contributed by atoms with van der Waals surface area (Å²) in [7, 11) is 2.37. The first-order chi connectivity index (χ1) is 16.1. The summed E-state index contributed by atoms with van der Waals surface area (Å²) < 4.78 is 1.13. The standard InChI is InChI=1S/C30H32N2O.HI/c1-32(18-6-3-7-19-32)22-23-10-16-29(17-11-23)31-30(33)27-15-13-25-12-14-26(20-28(25)21-27)24-8-4-2-5-9-24;/h2,4-5,8-12,14,16-17,20-21H,3,6-7,13,15,18-19,22H2,1H3;1H. The number of amides is 1. The molecule has 1 heterocycles. The summed E-state index contributed by atoms with van der Waals surface area (Å²) in [6.07, 6.45) is 7.77. The summed E-state index contributed by atoms with van der Waals surface area (Å²) in [4.78, 5) is 13.0. The predicted octanol–water partition coefficient (Wildman–Crippen LogP) is 3.46. The number of nitrogens with one attached hydrogen (secondary N) is 1. The van der Waals surface area contributed by atoms with E-state index in [0.29, 0.717) is 0 Å². The zero-order valence-electron chi connectivity index (χ0n) is 19.9. The molecule has 0 aromatic heterocycles. The van der Waals surface area contributed by atoms with Gasteiger partial charge in [-0.2, -0.15) is 0 Å². The van der Waals surface area contributed by atoms with Crippen LogP contribution < -0.4 is 29.3 Å². The fourth-order valence-electron chi connectivity index (χ4n) is 5.25. The summed E-state index contributed by atoms with van der Waals surface area (Å²) >= 11 is 0. The predicted molar refractivity (Wildman–Crippen MR) is 137 cm³/mol. The molecule has 2 aliphatic rings. The molecule has 0 unspecified atom stereocenters. The van der Waals surface area contributed by atoms with Crippen molar-refractivity contribution in [1.29, 1.82) is 0 Å². The second-order valence-electron chi connectivity index (χ2n) is 9.89. The normalized spacial score (nSPS) is 16.6. The van der Waals surface area contributed by atoms with E-state index in [1.165, 1.54) is 54.6 Å². The highest BCUT2D eigenvalue weighted by Gasteiger charge is 2.25. The topological polar surface area (TPSA) is 29.1 Å². The molecule has 4 heteroatoms. The highest BCUT2D eigenvalue weighted by atomic mass is 127. The smallest absolute Gasteiger partial charge is 0.251 e. The van der Waals surface area contributed by atoms with Gasteiger partial charge in [0.15, 0.2) is 0 Å². The maximum atomic E-state index is 13.0. The number of piperidine rings is 1. The summed E-state index contributed by atoms with van der Waals surface area (Å²) in [5.74, 6) is 0.00791. The summed E-state index contributed by atoms with van der Waals surface area (Å²) in [6, 6.07) is 25.4. The first kappa shape index (κ1) is 24.7. The Hall–Kier alpha value is -2.44. The molecule has 1 saturated heterocycles. The number of nitrogens with zero attached hydrogens (tertiary/aromatic N) is 1. The van der Waals surface area contributed by atoms with Crippen molar-refractivity contribution in [3.8, 4) is 11.1 Å². The minimum atomic E-state index is 0. The molecule has 3 aromatic carbocycles. The quantitative estimate of drug-likeness (QED) is 0.374. The molecular weight excluding hydrogens is 531 g/mol. The lowest BCUT2D eigenvalue weighted by molar-refractivity contribution is -0.926. The van der Waals surface area contributed by atoms with Gasteiger partial charge in [-0.1, -0.05) is 54.6 Å². The van der Waals surface area contributed by atoms with Crippen molar-refractivity contribution in [2.45, 2.75) is 38.6 Å². The van der Waals surface area contributed by atoms with Gasteiger partial charge in [0.05, 0.1) is 20.1 Å². The average molecular weight is 565 g/mol. The van der Waals surface area contributed by atoms with Crippen molar-refractivity contribution in [3.05, 3.63) is 95.1 Å². The second-order valence-corrected chi connectivity index (χ2v) is 9.89. The number of anilines is 1. The molecule has 1 amide bonds. The molecule has 5 rings (SSSR count). The van der Waals surface area contributed by atoms with E-state index in [2.05, 4.69) is 73.0 Å². The minimum Gasteiger partial charge on any atom is -1.00 e. The molecule has 0 saturated carbocycles. The number of quaternary nitrogens is 1. The molecule has 1 N–H and O–H groups in total. The molecule has 0 spiro atoms. The van der Waals surface area contributed by atoms with Crippen LogP contribution in [-0.4, -0.2) is 30.5 Å². The van der Waals surface area contributed by atoms with Gasteiger partial charge in [0, 0.05) is 16.8 Å². The first-order valence-corrected chi connectivity index (χ1v) is 12.2. The van der Waals surface area contributed by atoms with E-state index >= 15 is 0 Å². The van der Waals surface area contributed by atoms with Gasteiger partial charge in [-0.05, 0) is 78.6 Å². The SMILES string of the molecule is C[N+]1(Cc2ccc(NC(=O)C3=Cc4cc(-c5ccccc5)ccc4CC3)cc2)CCCCC1.[I-]. The molecule has 1 aliphatic carbocycles. The Balaban J connectivity index is 0.00000274. The second kappa shape index (κ2) is 10.9. The number of carbonyl (C=O) groups excluding carboxylic acids is 1. The fourth-order valence-corrected chi connectivity index (χ4v) is 5.25. The molecule has 0 atom stereocenters. The number of aryl methyl sites for hydroxylation is 1. The zero-order chi connectivity index (χ0) is 22.7. The highest BCUT2D eigenvalue weighted by molar-refractivity contribution is 6.07. The zero-order valence-corrected chi connectivity index (χ0v) is 22.1. The Bertz CT molecular complexity index is 1160. The Morgan fingerprint density at radius 3 is 2.32 bits per heavy atom. The third-order valence-electron chi connectivity index (χ3n) is 7.21. The van der Waals surface area contributed by atoms with Gasteiger partial charge in [-0.25, -0.2) is 0 Å². The summed E-state index contributed by atoms with van der Waals surface area (Å²) in [6.45, 7) is 3.60. The number of hydrogen-bond donors (Lipinski definition) is 1. The van der Waals surface area contributed by atoms with E-state index in [-0.39, 0.29) is 29.9 Å². The lowest BCUT2D eigenvalue weighted by Crippen LogP contribution is -3.00. The average Bonchev–Trinajstić information content (AvgIpc) is 2.85. The number of rotatable bonds is 5. The Morgan fingerprint density at radius 2 is 1.59 bits per heavy atom. The maximum absolute atomic E-state index is 13.0. The van der Waals surface area contributed by atoms with Crippen molar-refractivity contribution in [3.63, 3.8) is 0 Å². The Kier molecular flexibility index (Phi) is 7.89. The van der Waals surface area contributed by atoms with Gasteiger partial charge >= 0.3 is 0 Å². The molecule has 34 heavy (non-hydrogen) atoms. The number of halogens is 1. The molecular formula is C30H33IN2O. The third kappa shape index (κ3) is 5.78. The van der Waals surface area contributed by atoms with Gasteiger partial charge in [0.2, 0.25) is 0 Å². The van der Waals surface area contributed by atoms with Crippen LogP contribution in [0.1, 0.15) is 42.4 Å². The van der Waals surface area contributed by atoms with Crippen molar-refractivity contribution in [2.24, 2.45) is 0 Å². The van der Waals surface area contributed by atoms with Crippen LogP contribution in [0.2, 0.25) is 0 Å². The van der Waals surface area contributed by atoms with E-state index in [1.807, 2.05) is 18.2 Å². The van der Waals surface area contributed by atoms with Crippen LogP contribution >= 0.6 is 0 Å². The van der Waals surface area contributed by atoms with Gasteiger partial charge < -0.3 is 33.8 Å². The monoisotopic (exact) mass is 564 g/mol. The van der Waals surface area contributed by atoms with Crippen LogP contribution in [0.4, 0.5) is 5.69 Å². The largest absolute Gasteiger partial charge is 1.00 e. The van der Waals surface area contributed by atoms with Crippen molar-refractivity contribution in [2.75, 3.05) is 25.5 Å². The van der Waals surface area contributed by atoms with Crippen LogP contribution in [0.15, 0.2) is 78.4 Å². The lowest BCUT2D eigenvalue weighted by atomic mass is 9.89. The number of benzene rings is 3. The fraction of sp³-hybridized carbons (Fsp3) is 0.300. The van der Waals surface area contributed by atoms with Crippen LogP contribution in [0.5, 0.6) is 0 Å². The van der Waals surface area contributed by atoms with E-state index < -0.39 is 0 Å². The minimum absolute atomic E-state index is 0. The van der Waals surface area contributed by atoms with E-state index in [0.717, 1.165) is 40.7 Å². The molecule has 3 aromatic rings. The highest BCUT2D eigenvalue weighted by Crippen LogP contribution is 2.29. The molecule has 176 valence electrons.